The maximum absolute atomic E-state index is 5.92. The molecule has 0 saturated heterocycles. The molecule has 0 aliphatic heterocycles. The Kier molecular flexibility index (Phi) is 3.92. The van der Waals surface area contributed by atoms with Crippen molar-refractivity contribution in [2.45, 2.75) is 33.4 Å². The van der Waals surface area contributed by atoms with Crippen LogP contribution in [0.4, 0.5) is 0 Å². The first-order chi connectivity index (χ1) is 10.2. The van der Waals surface area contributed by atoms with Crippen LogP contribution in [0.5, 0.6) is 0 Å². The molecule has 110 valence electrons. The first kappa shape index (κ1) is 14.1. The van der Waals surface area contributed by atoms with Crippen LogP contribution in [0.2, 0.25) is 0 Å². The number of fused-ring (bicyclic) bond motifs is 1. The molecule has 21 heavy (non-hydrogen) atoms. The Morgan fingerprint density at radius 1 is 1.24 bits per heavy atom. The van der Waals surface area contributed by atoms with Crippen LogP contribution < -0.4 is 0 Å². The van der Waals surface area contributed by atoms with Gasteiger partial charge in [-0.15, -0.1) is 21.8 Å². The Labute approximate surface area is 128 Å². The molecule has 0 bridgehead atoms. The molecule has 3 rings (SSSR count). The molecule has 0 radical (unpaired) electrons. The van der Waals surface area contributed by atoms with Crippen molar-refractivity contribution in [1.29, 1.82) is 0 Å². The number of imidazole rings is 1. The average molecular weight is 304 g/mol. The monoisotopic (exact) mass is 303 g/mol. The number of halogens is 1. The van der Waals surface area contributed by atoms with Gasteiger partial charge in [0.15, 0.2) is 5.82 Å². The van der Waals surface area contributed by atoms with Gasteiger partial charge >= 0.3 is 0 Å². The van der Waals surface area contributed by atoms with Gasteiger partial charge in [0.25, 0.3) is 0 Å². The van der Waals surface area contributed by atoms with Crippen LogP contribution in [-0.4, -0.2) is 30.2 Å². The number of rotatable bonds is 5. The quantitative estimate of drug-likeness (QED) is 0.681. The largest absolute Gasteiger partial charge is 0.320 e. The summed E-state index contributed by atoms with van der Waals surface area (Å²) in [6.45, 7) is 5.70. The van der Waals surface area contributed by atoms with Crippen molar-refractivity contribution in [1.82, 2.24) is 24.3 Å². The maximum Gasteiger partial charge on any atom is 0.152 e. The first-order valence-corrected chi connectivity index (χ1v) is 7.64. The van der Waals surface area contributed by atoms with E-state index in [-0.39, 0.29) is 0 Å². The van der Waals surface area contributed by atoms with E-state index in [9.17, 15) is 0 Å². The van der Waals surface area contributed by atoms with Crippen molar-refractivity contribution in [2.75, 3.05) is 5.88 Å². The third-order valence-electron chi connectivity index (χ3n) is 3.64. The van der Waals surface area contributed by atoms with Crippen molar-refractivity contribution < 1.29 is 0 Å². The maximum atomic E-state index is 5.92. The average Bonchev–Trinajstić information content (AvgIpc) is 3.05. The minimum Gasteiger partial charge on any atom is -0.320 e. The summed E-state index contributed by atoms with van der Waals surface area (Å²) in [6, 6.07) is 6.30. The lowest BCUT2D eigenvalue weighted by atomic mass is 10.2. The van der Waals surface area contributed by atoms with E-state index in [1.807, 2.05) is 4.57 Å². The zero-order valence-electron chi connectivity index (χ0n) is 12.3. The number of benzene rings is 1. The van der Waals surface area contributed by atoms with E-state index in [2.05, 4.69) is 46.8 Å². The normalized spacial score (nSPS) is 11.4. The number of hydrogen-bond acceptors (Lipinski definition) is 3. The molecule has 0 atom stereocenters. The molecule has 0 amide bonds. The Morgan fingerprint density at radius 3 is 2.86 bits per heavy atom. The molecule has 0 unspecified atom stereocenters. The molecule has 5 nitrogen and oxygen atoms in total. The smallest absolute Gasteiger partial charge is 0.152 e. The molecule has 0 spiro atoms. The van der Waals surface area contributed by atoms with Gasteiger partial charge in [0.05, 0.1) is 17.6 Å². The SMILES string of the molecule is CCn1cnnc1Cn1c(CCCl)nc2ccc(C)cc21. The van der Waals surface area contributed by atoms with E-state index < -0.39 is 0 Å². The third-order valence-corrected chi connectivity index (χ3v) is 3.83. The van der Waals surface area contributed by atoms with E-state index in [4.69, 9.17) is 16.6 Å². The molecule has 6 heteroatoms. The van der Waals surface area contributed by atoms with Crippen LogP contribution in [0.25, 0.3) is 11.0 Å². The van der Waals surface area contributed by atoms with Gasteiger partial charge in [0.2, 0.25) is 0 Å². The Bertz CT molecular complexity index is 759. The third kappa shape index (κ3) is 2.65. The summed E-state index contributed by atoms with van der Waals surface area (Å²) in [5.41, 5.74) is 3.35. The van der Waals surface area contributed by atoms with Gasteiger partial charge in [-0.25, -0.2) is 4.98 Å². The lowest BCUT2D eigenvalue weighted by Gasteiger charge is -2.09. The van der Waals surface area contributed by atoms with Crippen LogP contribution in [0.3, 0.4) is 0 Å². The Morgan fingerprint density at radius 2 is 2.10 bits per heavy atom. The van der Waals surface area contributed by atoms with Gasteiger partial charge in [-0.2, -0.15) is 0 Å². The van der Waals surface area contributed by atoms with Crippen molar-refractivity contribution in [3.05, 3.63) is 41.7 Å². The summed E-state index contributed by atoms with van der Waals surface area (Å²) in [6.07, 6.45) is 2.51. The summed E-state index contributed by atoms with van der Waals surface area (Å²) < 4.78 is 4.24. The molecule has 0 fully saturated rings. The fourth-order valence-corrected chi connectivity index (χ4v) is 2.71. The Balaban J connectivity index is 2.10. The van der Waals surface area contributed by atoms with Gasteiger partial charge in [-0.3, -0.25) is 0 Å². The van der Waals surface area contributed by atoms with Gasteiger partial charge in [-0.05, 0) is 31.5 Å². The zero-order chi connectivity index (χ0) is 14.8. The molecular weight excluding hydrogens is 286 g/mol. The van der Waals surface area contributed by atoms with Gasteiger partial charge in [-0.1, -0.05) is 6.07 Å². The van der Waals surface area contributed by atoms with Crippen molar-refractivity contribution in [3.8, 4) is 0 Å². The number of aryl methyl sites for hydroxylation is 3. The van der Waals surface area contributed by atoms with E-state index >= 15 is 0 Å². The molecule has 0 saturated carbocycles. The molecule has 0 aliphatic rings. The van der Waals surface area contributed by atoms with Gasteiger partial charge in [0.1, 0.15) is 12.2 Å². The number of hydrogen-bond donors (Lipinski definition) is 0. The second-order valence-electron chi connectivity index (χ2n) is 5.08. The van der Waals surface area contributed by atoms with Crippen molar-refractivity contribution in [3.63, 3.8) is 0 Å². The summed E-state index contributed by atoms with van der Waals surface area (Å²) >= 11 is 5.92. The predicted molar refractivity (Wildman–Crippen MR) is 83.7 cm³/mol. The molecule has 0 N–H and O–H groups in total. The molecular formula is C15H18ClN5. The zero-order valence-corrected chi connectivity index (χ0v) is 13.0. The fourth-order valence-electron chi connectivity index (χ4n) is 2.54. The predicted octanol–water partition coefficient (Wildman–Crippen LogP) is 2.79. The van der Waals surface area contributed by atoms with Crippen LogP contribution in [0.1, 0.15) is 24.1 Å². The highest BCUT2D eigenvalue weighted by atomic mass is 35.5. The lowest BCUT2D eigenvalue weighted by molar-refractivity contribution is 0.642. The first-order valence-electron chi connectivity index (χ1n) is 7.11. The highest BCUT2D eigenvalue weighted by Gasteiger charge is 2.13. The van der Waals surface area contributed by atoms with Crippen molar-refractivity contribution in [2.24, 2.45) is 0 Å². The standard InChI is InChI=1S/C15H18ClN5/c1-3-20-10-17-19-15(20)9-21-13-8-11(2)4-5-12(13)18-14(21)6-7-16/h4-5,8,10H,3,6-7,9H2,1-2H3. The highest BCUT2D eigenvalue weighted by molar-refractivity contribution is 6.17. The Hall–Kier alpha value is -1.88. The molecule has 2 heterocycles. The second kappa shape index (κ2) is 5.85. The topological polar surface area (TPSA) is 48.5 Å². The molecule has 3 aromatic rings. The van der Waals surface area contributed by atoms with Crippen LogP contribution >= 0.6 is 11.6 Å². The minimum atomic E-state index is 0.558. The van der Waals surface area contributed by atoms with Crippen LogP contribution in [0, 0.1) is 6.92 Å². The van der Waals surface area contributed by atoms with Crippen molar-refractivity contribution >= 4 is 22.6 Å². The molecule has 1 aromatic carbocycles. The summed E-state index contributed by atoms with van der Waals surface area (Å²) in [5.74, 6) is 2.49. The number of alkyl halides is 1. The molecule has 0 aliphatic carbocycles. The summed E-state index contributed by atoms with van der Waals surface area (Å²) in [4.78, 5) is 4.70. The second-order valence-corrected chi connectivity index (χ2v) is 5.46. The van der Waals surface area contributed by atoms with E-state index in [1.165, 1.54) is 5.56 Å². The summed E-state index contributed by atoms with van der Waals surface area (Å²) in [7, 11) is 0. The van der Waals surface area contributed by atoms with Gasteiger partial charge < -0.3 is 9.13 Å². The fraction of sp³-hybridized carbons (Fsp3) is 0.400. The van der Waals surface area contributed by atoms with E-state index in [0.29, 0.717) is 12.4 Å². The lowest BCUT2D eigenvalue weighted by Crippen LogP contribution is -2.11. The number of aromatic nitrogens is 5. The van der Waals surface area contributed by atoms with Gasteiger partial charge in [0, 0.05) is 18.8 Å². The highest BCUT2D eigenvalue weighted by Crippen LogP contribution is 2.20. The van der Waals surface area contributed by atoms with E-state index in [0.717, 1.165) is 35.6 Å². The number of nitrogens with zero attached hydrogens (tertiary/aromatic N) is 5. The van der Waals surface area contributed by atoms with Crippen LogP contribution in [-0.2, 0) is 19.5 Å². The van der Waals surface area contributed by atoms with E-state index in [1.54, 1.807) is 6.33 Å². The van der Waals surface area contributed by atoms with Crippen LogP contribution in [0.15, 0.2) is 24.5 Å². The minimum absolute atomic E-state index is 0.558. The molecule has 2 aromatic heterocycles. The summed E-state index contributed by atoms with van der Waals surface area (Å²) in [5, 5.41) is 8.22.